The van der Waals surface area contributed by atoms with E-state index in [2.05, 4.69) is 11.8 Å². The Bertz CT molecular complexity index is 500. The van der Waals surface area contributed by atoms with Gasteiger partial charge in [-0.15, -0.1) is 0 Å². The van der Waals surface area contributed by atoms with E-state index in [0.717, 1.165) is 11.8 Å². The molecule has 18 heavy (non-hydrogen) atoms. The van der Waals surface area contributed by atoms with E-state index in [9.17, 15) is 8.42 Å². The van der Waals surface area contributed by atoms with Crippen molar-refractivity contribution >= 4 is 10.1 Å². The van der Waals surface area contributed by atoms with Crippen LogP contribution < -0.4 is 0 Å². The van der Waals surface area contributed by atoms with Gasteiger partial charge in [0, 0.05) is 18.5 Å². The molecule has 0 unspecified atom stereocenters. The monoisotopic (exact) mass is 269 g/mol. The summed E-state index contributed by atoms with van der Waals surface area (Å²) < 4.78 is 27.9. The molecule has 0 N–H and O–H groups in total. The molecule has 0 bridgehead atoms. The molecule has 1 fully saturated rings. The molecule has 2 rings (SSSR count). The molecule has 1 saturated heterocycles. The lowest BCUT2D eigenvalue weighted by molar-refractivity contribution is 0.203. The smallest absolute Gasteiger partial charge is 0.264 e. The lowest BCUT2D eigenvalue weighted by atomic mass is 9.91. The topological polar surface area (TPSA) is 46.6 Å². The van der Waals surface area contributed by atoms with Crippen molar-refractivity contribution < 1.29 is 12.6 Å². The number of likely N-dealkylation sites (tertiary alicyclic amines) is 1. The Morgan fingerprint density at radius 2 is 1.89 bits per heavy atom. The van der Waals surface area contributed by atoms with E-state index in [0.29, 0.717) is 6.54 Å². The second-order valence-corrected chi connectivity index (χ2v) is 6.56. The molecule has 0 aliphatic carbocycles. The molecular formula is C13H19NO3S. The fourth-order valence-electron chi connectivity index (χ4n) is 2.63. The summed E-state index contributed by atoms with van der Waals surface area (Å²) in [6.07, 6.45) is 0.806. The minimum atomic E-state index is -3.42. The van der Waals surface area contributed by atoms with E-state index in [-0.39, 0.29) is 18.1 Å². The number of hydrogen-bond donors (Lipinski definition) is 0. The highest BCUT2D eigenvalue weighted by atomic mass is 32.2. The Kier molecular flexibility index (Phi) is 3.75. The second kappa shape index (κ2) is 4.99. The zero-order valence-corrected chi connectivity index (χ0v) is 11.7. The van der Waals surface area contributed by atoms with E-state index in [4.69, 9.17) is 4.18 Å². The van der Waals surface area contributed by atoms with Gasteiger partial charge in [0.1, 0.15) is 0 Å². The maximum absolute atomic E-state index is 11.3. The first-order valence-corrected chi connectivity index (χ1v) is 7.83. The first kappa shape index (κ1) is 13.5. The SMILES string of the molecule is C[C@H]1[C@H](c2ccccc2)[C@@H](OS(C)(=O)=O)CN1C. The van der Waals surface area contributed by atoms with Crippen molar-refractivity contribution in [3.05, 3.63) is 35.9 Å². The number of rotatable bonds is 3. The van der Waals surface area contributed by atoms with Crippen molar-refractivity contribution in [1.82, 2.24) is 4.90 Å². The van der Waals surface area contributed by atoms with Crippen LogP contribution in [0.4, 0.5) is 0 Å². The normalized spacial score (nSPS) is 29.6. The van der Waals surface area contributed by atoms with Gasteiger partial charge in [0.25, 0.3) is 10.1 Å². The van der Waals surface area contributed by atoms with Gasteiger partial charge in [0.15, 0.2) is 0 Å². The third-order valence-corrected chi connectivity index (χ3v) is 4.16. The Labute approximate surface area is 109 Å². The average Bonchev–Trinajstić information content (AvgIpc) is 2.53. The Balaban J connectivity index is 2.29. The maximum atomic E-state index is 11.3. The van der Waals surface area contributed by atoms with Gasteiger partial charge in [0.05, 0.1) is 12.4 Å². The summed E-state index contributed by atoms with van der Waals surface area (Å²) in [5.41, 5.74) is 1.13. The summed E-state index contributed by atoms with van der Waals surface area (Å²) in [6.45, 7) is 2.73. The Morgan fingerprint density at radius 1 is 1.28 bits per heavy atom. The summed E-state index contributed by atoms with van der Waals surface area (Å²) >= 11 is 0. The standard InChI is InChI=1S/C13H19NO3S/c1-10-13(11-7-5-4-6-8-11)12(9-14(10)2)17-18(3,15)16/h4-8,10,12-13H,9H2,1-3H3/t10-,12-,13+/m0/s1. The van der Waals surface area contributed by atoms with Gasteiger partial charge >= 0.3 is 0 Å². The number of likely N-dealkylation sites (N-methyl/N-ethyl adjacent to an activating group) is 1. The molecule has 0 spiro atoms. The van der Waals surface area contributed by atoms with Gasteiger partial charge in [-0.1, -0.05) is 30.3 Å². The molecule has 0 radical (unpaired) electrons. The molecule has 4 nitrogen and oxygen atoms in total. The predicted molar refractivity (Wildman–Crippen MR) is 71.0 cm³/mol. The Hall–Kier alpha value is -0.910. The summed E-state index contributed by atoms with van der Waals surface area (Å²) in [7, 11) is -1.43. The zero-order chi connectivity index (χ0) is 13.3. The van der Waals surface area contributed by atoms with E-state index < -0.39 is 10.1 Å². The zero-order valence-electron chi connectivity index (χ0n) is 10.9. The van der Waals surface area contributed by atoms with Gasteiger partial charge in [0.2, 0.25) is 0 Å². The minimum Gasteiger partial charge on any atom is -0.300 e. The Morgan fingerprint density at radius 3 is 2.44 bits per heavy atom. The van der Waals surface area contributed by atoms with Crippen LogP contribution in [-0.4, -0.2) is 45.3 Å². The summed E-state index contributed by atoms with van der Waals surface area (Å²) in [6, 6.07) is 10.2. The van der Waals surface area contributed by atoms with Crippen LogP contribution in [0.25, 0.3) is 0 Å². The molecular weight excluding hydrogens is 250 g/mol. The molecule has 0 amide bonds. The molecule has 1 aromatic carbocycles. The van der Waals surface area contributed by atoms with E-state index in [1.165, 1.54) is 0 Å². The molecule has 0 saturated carbocycles. The van der Waals surface area contributed by atoms with E-state index >= 15 is 0 Å². The number of nitrogens with zero attached hydrogens (tertiary/aromatic N) is 1. The third-order valence-electron chi connectivity index (χ3n) is 3.57. The third kappa shape index (κ3) is 2.91. The van der Waals surface area contributed by atoms with Crippen LogP contribution in [0.15, 0.2) is 30.3 Å². The summed E-state index contributed by atoms with van der Waals surface area (Å²) in [5, 5.41) is 0. The van der Waals surface area contributed by atoms with E-state index in [1.807, 2.05) is 37.4 Å². The molecule has 1 aromatic rings. The van der Waals surface area contributed by atoms with Crippen LogP contribution >= 0.6 is 0 Å². The largest absolute Gasteiger partial charge is 0.300 e. The highest BCUT2D eigenvalue weighted by Gasteiger charge is 2.40. The van der Waals surface area contributed by atoms with Gasteiger partial charge < -0.3 is 4.90 Å². The van der Waals surface area contributed by atoms with Gasteiger partial charge in [-0.3, -0.25) is 4.18 Å². The van der Waals surface area contributed by atoms with Crippen molar-refractivity contribution in [2.45, 2.75) is 25.0 Å². The molecule has 5 heteroatoms. The van der Waals surface area contributed by atoms with Gasteiger partial charge in [-0.2, -0.15) is 8.42 Å². The van der Waals surface area contributed by atoms with Crippen molar-refractivity contribution in [2.24, 2.45) is 0 Å². The number of hydrogen-bond acceptors (Lipinski definition) is 4. The first-order valence-electron chi connectivity index (χ1n) is 6.02. The predicted octanol–water partition coefficient (Wildman–Crippen LogP) is 1.45. The molecule has 1 aliphatic heterocycles. The lowest BCUT2D eigenvalue weighted by Crippen LogP contribution is -2.26. The van der Waals surface area contributed by atoms with Crippen LogP contribution in [-0.2, 0) is 14.3 Å². The van der Waals surface area contributed by atoms with Crippen molar-refractivity contribution in [3.8, 4) is 0 Å². The molecule has 100 valence electrons. The molecule has 3 atom stereocenters. The first-order chi connectivity index (χ1) is 8.38. The molecule has 1 aliphatic rings. The van der Waals surface area contributed by atoms with Crippen LogP contribution in [0.2, 0.25) is 0 Å². The quantitative estimate of drug-likeness (QED) is 0.779. The average molecular weight is 269 g/mol. The maximum Gasteiger partial charge on any atom is 0.264 e. The summed E-state index contributed by atoms with van der Waals surface area (Å²) in [5.74, 6) is 0.0888. The van der Waals surface area contributed by atoms with Gasteiger partial charge in [-0.25, -0.2) is 0 Å². The van der Waals surface area contributed by atoms with Crippen LogP contribution in [0.5, 0.6) is 0 Å². The van der Waals surface area contributed by atoms with Crippen molar-refractivity contribution in [2.75, 3.05) is 19.8 Å². The highest BCUT2D eigenvalue weighted by molar-refractivity contribution is 7.86. The summed E-state index contributed by atoms with van der Waals surface area (Å²) in [4.78, 5) is 2.13. The molecule has 0 aromatic heterocycles. The minimum absolute atomic E-state index is 0.0888. The fraction of sp³-hybridized carbons (Fsp3) is 0.538. The van der Waals surface area contributed by atoms with Crippen molar-refractivity contribution in [1.29, 1.82) is 0 Å². The van der Waals surface area contributed by atoms with Gasteiger partial charge in [-0.05, 0) is 19.5 Å². The van der Waals surface area contributed by atoms with E-state index in [1.54, 1.807) is 0 Å². The van der Waals surface area contributed by atoms with Crippen molar-refractivity contribution in [3.63, 3.8) is 0 Å². The fourth-order valence-corrected chi connectivity index (χ4v) is 3.26. The number of benzene rings is 1. The highest BCUT2D eigenvalue weighted by Crippen LogP contribution is 2.35. The van der Waals surface area contributed by atoms with Crippen LogP contribution in [0.1, 0.15) is 18.4 Å². The van der Waals surface area contributed by atoms with Crippen LogP contribution in [0, 0.1) is 0 Å². The molecule has 1 heterocycles. The van der Waals surface area contributed by atoms with Crippen LogP contribution in [0.3, 0.4) is 0 Å². The second-order valence-electron chi connectivity index (χ2n) is 4.96. The lowest BCUT2D eigenvalue weighted by Gasteiger charge is -2.22.